The molecule has 1 aliphatic rings. The molecule has 30 heavy (non-hydrogen) atoms. The monoisotopic (exact) mass is 438 g/mol. The highest BCUT2D eigenvalue weighted by molar-refractivity contribution is 7.98. The average Bonchev–Trinajstić information content (AvgIpc) is 2.79. The molecule has 0 radical (unpaired) electrons. The normalized spacial score (nSPS) is 13.6. The van der Waals surface area contributed by atoms with E-state index in [-0.39, 0.29) is 10.8 Å². The summed E-state index contributed by atoms with van der Waals surface area (Å²) in [6, 6.07) is 21.3. The summed E-state index contributed by atoms with van der Waals surface area (Å²) in [6.07, 6.45) is 3.57. The van der Waals surface area contributed by atoms with Crippen molar-refractivity contribution in [2.45, 2.75) is 22.6 Å². The Balaban J connectivity index is 1.64. The van der Waals surface area contributed by atoms with Gasteiger partial charge in [-0.15, -0.1) is 11.8 Å². The first-order valence-electron chi connectivity index (χ1n) is 9.66. The SMILES string of the molecule is CSc1ccccc1NC(=O)c1cccc(S(=O)(=O)N2CCCc3ccccc32)c1. The van der Waals surface area contributed by atoms with Gasteiger partial charge in [0, 0.05) is 17.0 Å². The van der Waals surface area contributed by atoms with Crippen LogP contribution in [0.4, 0.5) is 11.4 Å². The molecular formula is C23H22N2O3S2. The molecule has 1 aliphatic heterocycles. The summed E-state index contributed by atoms with van der Waals surface area (Å²) in [5, 5.41) is 2.88. The Labute approximate surface area is 181 Å². The molecule has 5 nitrogen and oxygen atoms in total. The van der Waals surface area contributed by atoms with Gasteiger partial charge in [-0.05, 0) is 61.1 Å². The Bertz CT molecular complexity index is 1190. The molecule has 3 aromatic rings. The van der Waals surface area contributed by atoms with Crippen LogP contribution in [0.2, 0.25) is 0 Å². The van der Waals surface area contributed by atoms with Crippen molar-refractivity contribution in [1.29, 1.82) is 0 Å². The number of nitrogens with one attached hydrogen (secondary N) is 1. The highest BCUT2D eigenvalue weighted by Crippen LogP contribution is 2.32. The summed E-state index contributed by atoms with van der Waals surface area (Å²) in [6.45, 7) is 0.427. The van der Waals surface area contributed by atoms with Gasteiger partial charge in [0.2, 0.25) is 0 Å². The summed E-state index contributed by atoms with van der Waals surface area (Å²) < 4.78 is 28.2. The van der Waals surface area contributed by atoms with Gasteiger partial charge in [0.25, 0.3) is 15.9 Å². The first kappa shape index (κ1) is 20.5. The number of amides is 1. The van der Waals surface area contributed by atoms with Gasteiger partial charge in [0.1, 0.15) is 0 Å². The summed E-state index contributed by atoms with van der Waals surface area (Å²) in [7, 11) is -3.77. The van der Waals surface area contributed by atoms with Gasteiger partial charge >= 0.3 is 0 Å². The topological polar surface area (TPSA) is 66.5 Å². The van der Waals surface area contributed by atoms with E-state index in [0.717, 1.165) is 23.3 Å². The number of hydrogen-bond acceptors (Lipinski definition) is 4. The molecule has 0 aromatic heterocycles. The number of fused-ring (bicyclic) bond motifs is 1. The highest BCUT2D eigenvalue weighted by atomic mass is 32.2. The zero-order valence-electron chi connectivity index (χ0n) is 16.5. The van der Waals surface area contributed by atoms with E-state index >= 15 is 0 Å². The molecule has 4 rings (SSSR count). The number of benzene rings is 3. The number of aryl methyl sites for hydroxylation is 1. The van der Waals surface area contributed by atoms with Crippen molar-refractivity contribution >= 4 is 39.1 Å². The van der Waals surface area contributed by atoms with Crippen LogP contribution in [-0.4, -0.2) is 27.1 Å². The van der Waals surface area contributed by atoms with Crippen LogP contribution >= 0.6 is 11.8 Å². The molecule has 7 heteroatoms. The highest BCUT2D eigenvalue weighted by Gasteiger charge is 2.29. The molecule has 1 N–H and O–H groups in total. The molecule has 0 saturated carbocycles. The van der Waals surface area contributed by atoms with Gasteiger partial charge in [0.05, 0.1) is 16.3 Å². The molecule has 154 valence electrons. The number of anilines is 2. The van der Waals surface area contributed by atoms with Gasteiger partial charge in [-0.1, -0.05) is 36.4 Å². The third kappa shape index (κ3) is 3.95. The van der Waals surface area contributed by atoms with Crippen LogP contribution in [0.5, 0.6) is 0 Å². The predicted molar refractivity (Wildman–Crippen MR) is 122 cm³/mol. The lowest BCUT2D eigenvalue weighted by Crippen LogP contribution is -2.35. The minimum atomic E-state index is -3.77. The Morgan fingerprint density at radius 2 is 1.77 bits per heavy atom. The van der Waals surface area contributed by atoms with Crippen LogP contribution in [0, 0.1) is 0 Å². The number of hydrogen-bond donors (Lipinski definition) is 1. The zero-order valence-corrected chi connectivity index (χ0v) is 18.2. The van der Waals surface area contributed by atoms with Crippen molar-refractivity contribution in [3.8, 4) is 0 Å². The summed E-state index contributed by atoms with van der Waals surface area (Å²) in [5.41, 5.74) is 2.74. The van der Waals surface area contributed by atoms with E-state index in [1.165, 1.54) is 22.1 Å². The Hall–Kier alpha value is -2.77. The van der Waals surface area contributed by atoms with E-state index < -0.39 is 10.0 Å². The predicted octanol–water partition coefficient (Wildman–Crippen LogP) is 4.80. The Morgan fingerprint density at radius 3 is 2.60 bits per heavy atom. The van der Waals surface area contributed by atoms with E-state index in [0.29, 0.717) is 23.5 Å². The van der Waals surface area contributed by atoms with Crippen molar-refractivity contribution in [2.24, 2.45) is 0 Å². The number of carbonyl (C=O) groups is 1. The van der Waals surface area contributed by atoms with E-state index in [1.807, 2.05) is 54.8 Å². The standard InChI is InChI=1S/C23H22N2O3S2/c1-29-22-14-5-3-12-20(22)24-23(26)18-9-6-11-19(16-18)30(27,28)25-15-7-10-17-8-2-4-13-21(17)25/h2-6,8-9,11-14,16H,7,10,15H2,1H3,(H,24,26). The number of rotatable bonds is 5. The quantitative estimate of drug-likeness (QED) is 0.581. The van der Waals surface area contributed by atoms with Gasteiger partial charge in [-0.3, -0.25) is 9.10 Å². The second-order valence-electron chi connectivity index (χ2n) is 6.99. The smallest absolute Gasteiger partial charge is 0.264 e. The summed E-state index contributed by atoms with van der Waals surface area (Å²) >= 11 is 1.53. The third-order valence-corrected chi connectivity index (χ3v) is 7.71. The first-order valence-corrected chi connectivity index (χ1v) is 12.3. The molecule has 0 saturated heterocycles. The number of sulfonamides is 1. The molecule has 0 atom stereocenters. The molecule has 0 bridgehead atoms. The van der Waals surface area contributed by atoms with Crippen molar-refractivity contribution in [2.75, 3.05) is 22.4 Å². The maximum atomic E-state index is 13.4. The van der Waals surface area contributed by atoms with Crippen molar-refractivity contribution in [3.05, 3.63) is 83.9 Å². The lowest BCUT2D eigenvalue weighted by Gasteiger charge is -2.30. The van der Waals surface area contributed by atoms with Crippen LogP contribution in [-0.2, 0) is 16.4 Å². The van der Waals surface area contributed by atoms with Gasteiger partial charge in [-0.2, -0.15) is 0 Å². The Kier molecular flexibility index (Phi) is 5.83. The molecule has 3 aromatic carbocycles. The maximum Gasteiger partial charge on any atom is 0.264 e. The number of para-hydroxylation sites is 2. The molecule has 0 spiro atoms. The Morgan fingerprint density at radius 1 is 1.00 bits per heavy atom. The fourth-order valence-corrected chi connectivity index (χ4v) is 5.76. The van der Waals surface area contributed by atoms with E-state index in [4.69, 9.17) is 0 Å². The first-order chi connectivity index (χ1) is 14.5. The third-order valence-electron chi connectivity index (χ3n) is 5.11. The molecular weight excluding hydrogens is 416 g/mol. The molecule has 0 unspecified atom stereocenters. The summed E-state index contributed by atoms with van der Waals surface area (Å²) in [4.78, 5) is 13.9. The fraction of sp³-hybridized carbons (Fsp3) is 0.174. The van der Waals surface area contributed by atoms with Gasteiger partial charge in [0.15, 0.2) is 0 Å². The van der Waals surface area contributed by atoms with Crippen LogP contribution in [0.15, 0.2) is 82.6 Å². The number of carbonyl (C=O) groups excluding carboxylic acids is 1. The number of thioether (sulfide) groups is 1. The van der Waals surface area contributed by atoms with Gasteiger partial charge in [-0.25, -0.2) is 8.42 Å². The lowest BCUT2D eigenvalue weighted by atomic mass is 10.0. The minimum Gasteiger partial charge on any atom is -0.321 e. The van der Waals surface area contributed by atoms with Crippen molar-refractivity contribution < 1.29 is 13.2 Å². The van der Waals surface area contributed by atoms with Crippen LogP contribution in [0.3, 0.4) is 0 Å². The van der Waals surface area contributed by atoms with Crippen LogP contribution in [0.1, 0.15) is 22.3 Å². The minimum absolute atomic E-state index is 0.116. The lowest BCUT2D eigenvalue weighted by molar-refractivity contribution is 0.102. The molecule has 1 amide bonds. The molecule has 0 fully saturated rings. The van der Waals surface area contributed by atoms with Gasteiger partial charge < -0.3 is 5.32 Å². The second-order valence-corrected chi connectivity index (χ2v) is 9.70. The van der Waals surface area contributed by atoms with E-state index in [9.17, 15) is 13.2 Å². The molecule has 1 heterocycles. The van der Waals surface area contributed by atoms with E-state index in [2.05, 4.69) is 5.32 Å². The summed E-state index contributed by atoms with van der Waals surface area (Å²) in [5.74, 6) is -0.340. The van der Waals surface area contributed by atoms with Crippen LogP contribution in [0.25, 0.3) is 0 Å². The van der Waals surface area contributed by atoms with Crippen molar-refractivity contribution in [3.63, 3.8) is 0 Å². The zero-order chi connectivity index (χ0) is 21.1. The average molecular weight is 439 g/mol. The second kappa shape index (κ2) is 8.53. The van der Waals surface area contributed by atoms with Crippen molar-refractivity contribution in [1.82, 2.24) is 0 Å². The number of nitrogens with zero attached hydrogens (tertiary/aromatic N) is 1. The van der Waals surface area contributed by atoms with Crippen LogP contribution < -0.4 is 9.62 Å². The largest absolute Gasteiger partial charge is 0.321 e. The maximum absolute atomic E-state index is 13.4. The molecule has 0 aliphatic carbocycles. The van der Waals surface area contributed by atoms with E-state index in [1.54, 1.807) is 18.2 Å². The fourth-order valence-electron chi connectivity index (χ4n) is 3.62.